The summed E-state index contributed by atoms with van der Waals surface area (Å²) >= 11 is 0. The van der Waals surface area contributed by atoms with Crippen LogP contribution in [0.15, 0.2) is 83.1 Å². The van der Waals surface area contributed by atoms with E-state index < -0.39 is 0 Å². The Labute approximate surface area is 152 Å². The SMILES string of the molecule is CCN1/C(=C/C=C/C=C/c2oc3ccccc3[n+]2C)Oc2ccccc21. The molecule has 1 aliphatic rings. The normalized spacial score (nSPS) is 15.5. The van der Waals surface area contributed by atoms with Crippen LogP contribution in [0.25, 0.3) is 17.2 Å². The zero-order chi connectivity index (χ0) is 17.9. The summed E-state index contributed by atoms with van der Waals surface area (Å²) in [7, 11) is 2.00. The first-order chi connectivity index (χ1) is 12.8. The Kier molecular flexibility index (Phi) is 4.32. The van der Waals surface area contributed by atoms with Gasteiger partial charge in [0.15, 0.2) is 5.75 Å². The number of para-hydroxylation sites is 4. The third-order valence-corrected chi connectivity index (χ3v) is 4.42. The van der Waals surface area contributed by atoms with E-state index in [4.69, 9.17) is 9.15 Å². The van der Waals surface area contributed by atoms with Crippen LogP contribution in [0.5, 0.6) is 5.75 Å². The fraction of sp³-hybridized carbons (Fsp3) is 0.136. The van der Waals surface area contributed by atoms with Crippen molar-refractivity contribution in [1.29, 1.82) is 0 Å². The lowest BCUT2D eigenvalue weighted by atomic mass is 10.3. The lowest BCUT2D eigenvalue weighted by Crippen LogP contribution is -2.29. The van der Waals surface area contributed by atoms with Crippen molar-refractivity contribution in [3.05, 3.63) is 84.6 Å². The first-order valence-corrected chi connectivity index (χ1v) is 8.75. The van der Waals surface area contributed by atoms with Gasteiger partial charge in [-0.3, -0.25) is 0 Å². The smallest absolute Gasteiger partial charge is 0.373 e. The van der Waals surface area contributed by atoms with Crippen LogP contribution in [0.4, 0.5) is 5.69 Å². The number of fused-ring (bicyclic) bond motifs is 2. The number of allylic oxidation sites excluding steroid dienone is 4. The molecule has 0 spiro atoms. The maximum Gasteiger partial charge on any atom is 0.373 e. The minimum atomic E-state index is 0.809. The maximum atomic E-state index is 5.92. The summed E-state index contributed by atoms with van der Waals surface area (Å²) in [5, 5.41) is 0. The molecule has 0 fully saturated rings. The van der Waals surface area contributed by atoms with Crippen LogP contribution in [0.3, 0.4) is 0 Å². The van der Waals surface area contributed by atoms with Gasteiger partial charge >= 0.3 is 5.89 Å². The summed E-state index contributed by atoms with van der Waals surface area (Å²) in [5.41, 5.74) is 3.07. The van der Waals surface area contributed by atoms with Crippen molar-refractivity contribution in [3.63, 3.8) is 0 Å². The summed E-state index contributed by atoms with van der Waals surface area (Å²) in [6.07, 6.45) is 9.85. The molecule has 0 bridgehead atoms. The lowest BCUT2D eigenvalue weighted by Gasteiger charge is -2.14. The summed E-state index contributed by atoms with van der Waals surface area (Å²) < 4.78 is 13.8. The quantitative estimate of drug-likeness (QED) is 0.512. The van der Waals surface area contributed by atoms with Gasteiger partial charge in [0.2, 0.25) is 11.5 Å². The van der Waals surface area contributed by atoms with Crippen LogP contribution in [-0.4, -0.2) is 6.54 Å². The minimum absolute atomic E-state index is 0.809. The number of ether oxygens (including phenoxy) is 1. The molecule has 4 nitrogen and oxygen atoms in total. The predicted octanol–water partition coefficient (Wildman–Crippen LogP) is 4.59. The molecule has 2 aromatic carbocycles. The zero-order valence-corrected chi connectivity index (χ0v) is 14.9. The van der Waals surface area contributed by atoms with Gasteiger partial charge in [-0.05, 0) is 31.2 Å². The Hall–Kier alpha value is -3.27. The fourth-order valence-corrected chi connectivity index (χ4v) is 3.11. The Balaban J connectivity index is 1.49. The van der Waals surface area contributed by atoms with Crippen molar-refractivity contribution in [2.75, 3.05) is 11.4 Å². The van der Waals surface area contributed by atoms with Gasteiger partial charge in [0.05, 0.1) is 11.8 Å². The Bertz CT molecular complexity index is 1030. The van der Waals surface area contributed by atoms with Gasteiger partial charge in [0.25, 0.3) is 5.52 Å². The van der Waals surface area contributed by atoms with Crippen molar-refractivity contribution >= 4 is 22.9 Å². The molecule has 0 saturated heterocycles. The van der Waals surface area contributed by atoms with Crippen LogP contribution < -0.4 is 14.2 Å². The van der Waals surface area contributed by atoms with Gasteiger partial charge < -0.3 is 14.1 Å². The van der Waals surface area contributed by atoms with E-state index in [1.807, 2.05) is 84.5 Å². The van der Waals surface area contributed by atoms with Gasteiger partial charge in [-0.25, -0.2) is 0 Å². The minimum Gasteiger partial charge on any atom is -0.439 e. The summed E-state index contributed by atoms with van der Waals surface area (Å²) in [6.45, 7) is 2.98. The summed E-state index contributed by atoms with van der Waals surface area (Å²) in [5.74, 6) is 2.55. The van der Waals surface area contributed by atoms with Gasteiger partial charge in [-0.2, -0.15) is 4.57 Å². The van der Waals surface area contributed by atoms with Crippen LogP contribution in [0.1, 0.15) is 12.8 Å². The zero-order valence-electron chi connectivity index (χ0n) is 14.9. The van der Waals surface area contributed by atoms with E-state index in [0.717, 1.165) is 40.9 Å². The lowest BCUT2D eigenvalue weighted by molar-refractivity contribution is -0.652. The molecular weight excluding hydrogens is 324 g/mol. The molecule has 1 aromatic heterocycles. The highest BCUT2D eigenvalue weighted by atomic mass is 16.5. The number of benzene rings is 2. The molecule has 3 aromatic rings. The molecule has 0 N–H and O–H groups in total. The molecule has 0 amide bonds. The van der Waals surface area contributed by atoms with E-state index in [2.05, 4.69) is 17.9 Å². The maximum absolute atomic E-state index is 5.92. The number of rotatable bonds is 4. The first kappa shape index (κ1) is 16.2. The highest BCUT2D eigenvalue weighted by molar-refractivity contribution is 5.69. The first-order valence-electron chi connectivity index (χ1n) is 8.75. The largest absolute Gasteiger partial charge is 0.439 e. The van der Waals surface area contributed by atoms with Crippen LogP contribution in [0, 0.1) is 0 Å². The average molecular weight is 345 g/mol. The molecule has 0 aliphatic carbocycles. The van der Waals surface area contributed by atoms with Crippen molar-refractivity contribution in [3.8, 4) is 5.75 Å². The van der Waals surface area contributed by atoms with E-state index in [1.165, 1.54) is 0 Å². The van der Waals surface area contributed by atoms with E-state index in [-0.39, 0.29) is 0 Å². The standard InChI is InChI=1S/C22H21N2O2/c1-3-24-18-12-8-10-14-20(18)26-22(24)16-6-4-5-15-21-23(2)17-11-7-9-13-19(17)25-21/h4-16H,3H2,1-2H3/q+1. The van der Waals surface area contributed by atoms with Crippen LogP contribution >= 0.6 is 0 Å². The highest BCUT2D eigenvalue weighted by Gasteiger charge is 2.23. The molecule has 0 atom stereocenters. The average Bonchev–Trinajstić information content (AvgIpc) is 3.19. The molecule has 4 rings (SSSR count). The second-order valence-corrected chi connectivity index (χ2v) is 6.03. The number of anilines is 1. The van der Waals surface area contributed by atoms with Crippen molar-refractivity contribution in [2.45, 2.75) is 6.92 Å². The van der Waals surface area contributed by atoms with Gasteiger partial charge in [0.1, 0.15) is 7.05 Å². The Morgan fingerprint density at radius 3 is 2.65 bits per heavy atom. The van der Waals surface area contributed by atoms with Gasteiger partial charge in [-0.15, -0.1) is 0 Å². The summed E-state index contributed by atoms with van der Waals surface area (Å²) in [4.78, 5) is 2.16. The van der Waals surface area contributed by atoms with Crippen LogP contribution in [-0.2, 0) is 7.05 Å². The fourth-order valence-electron chi connectivity index (χ4n) is 3.11. The second kappa shape index (κ2) is 6.92. The molecule has 26 heavy (non-hydrogen) atoms. The molecular formula is C22H21N2O2+. The van der Waals surface area contributed by atoms with E-state index in [9.17, 15) is 0 Å². The number of nitrogens with zero attached hydrogens (tertiary/aromatic N) is 2. The molecule has 0 saturated carbocycles. The molecule has 130 valence electrons. The van der Waals surface area contributed by atoms with Gasteiger partial charge in [-0.1, -0.05) is 42.5 Å². The molecule has 4 heteroatoms. The number of aromatic nitrogens is 1. The Morgan fingerprint density at radius 2 is 1.81 bits per heavy atom. The van der Waals surface area contributed by atoms with E-state index >= 15 is 0 Å². The molecule has 2 heterocycles. The van der Waals surface area contributed by atoms with E-state index in [1.54, 1.807) is 0 Å². The van der Waals surface area contributed by atoms with E-state index in [0.29, 0.717) is 0 Å². The molecule has 0 unspecified atom stereocenters. The molecule has 0 radical (unpaired) electrons. The summed E-state index contributed by atoms with van der Waals surface area (Å²) in [6, 6.07) is 16.1. The second-order valence-electron chi connectivity index (χ2n) is 6.03. The number of hydrogen-bond acceptors (Lipinski definition) is 3. The van der Waals surface area contributed by atoms with Gasteiger partial charge in [0, 0.05) is 12.6 Å². The van der Waals surface area contributed by atoms with Crippen molar-refractivity contribution in [2.24, 2.45) is 7.05 Å². The number of hydrogen-bond donors (Lipinski definition) is 0. The number of aryl methyl sites for hydroxylation is 1. The van der Waals surface area contributed by atoms with Crippen molar-refractivity contribution in [1.82, 2.24) is 0 Å². The third-order valence-electron chi connectivity index (χ3n) is 4.42. The third kappa shape index (κ3) is 2.90. The molecule has 1 aliphatic heterocycles. The topological polar surface area (TPSA) is 29.5 Å². The number of oxazole rings is 1. The van der Waals surface area contributed by atoms with Crippen molar-refractivity contribution < 1.29 is 13.7 Å². The Morgan fingerprint density at radius 1 is 1.00 bits per heavy atom. The highest BCUT2D eigenvalue weighted by Crippen LogP contribution is 2.38. The van der Waals surface area contributed by atoms with Crippen LogP contribution in [0.2, 0.25) is 0 Å². The predicted molar refractivity (Wildman–Crippen MR) is 104 cm³/mol. The monoisotopic (exact) mass is 345 g/mol.